The van der Waals surface area contributed by atoms with Crippen molar-refractivity contribution in [2.45, 2.75) is 12.5 Å². The summed E-state index contributed by atoms with van der Waals surface area (Å²) in [5, 5.41) is 10.5. The number of benzene rings is 2. The van der Waals surface area contributed by atoms with Crippen molar-refractivity contribution >= 4 is 27.0 Å². The van der Waals surface area contributed by atoms with Crippen molar-refractivity contribution in [1.29, 1.82) is 0 Å². The molecule has 0 saturated heterocycles. The van der Waals surface area contributed by atoms with E-state index in [1.165, 1.54) is 12.1 Å². The Kier molecular flexibility index (Phi) is 3.94. The first-order chi connectivity index (χ1) is 10.1. The molecule has 5 heteroatoms. The summed E-state index contributed by atoms with van der Waals surface area (Å²) in [5.41, 5.74) is 2.80. The second-order valence-corrected chi connectivity index (χ2v) is 5.58. The summed E-state index contributed by atoms with van der Waals surface area (Å²) in [6.45, 7) is 0. The topological polar surface area (TPSA) is 46.0 Å². The summed E-state index contributed by atoms with van der Waals surface area (Å²) in [6, 6.07) is 9.93. The van der Waals surface area contributed by atoms with Gasteiger partial charge in [-0.3, -0.25) is 9.97 Å². The molecule has 0 aliphatic rings. The molecule has 0 spiro atoms. The second-order valence-electron chi connectivity index (χ2n) is 4.73. The summed E-state index contributed by atoms with van der Waals surface area (Å²) < 4.78 is 14.1. The first-order valence-electron chi connectivity index (χ1n) is 6.47. The van der Waals surface area contributed by atoms with Crippen LogP contribution in [-0.4, -0.2) is 15.1 Å². The monoisotopic (exact) mass is 346 g/mol. The van der Waals surface area contributed by atoms with Crippen LogP contribution in [0.2, 0.25) is 0 Å². The molecule has 0 fully saturated rings. The van der Waals surface area contributed by atoms with Crippen molar-refractivity contribution in [1.82, 2.24) is 9.97 Å². The molecule has 1 heterocycles. The minimum atomic E-state index is -0.775. The number of aromatic nitrogens is 2. The Morgan fingerprint density at radius 2 is 1.95 bits per heavy atom. The van der Waals surface area contributed by atoms with Gasteiger partial charge in [-0.2, -0.15) is 0 Å². The zero-order valence-electron chi connectivity index (χ0n) is 11.0. The molecule has 0 radical (unpaired) electrons. The molecule has 21 heavy (non-hydrogen) atoms. The van der Waals surface area contributed by atoms with Crippen LogP contribution in [0.15, 0.2) is 53.3 Å². The predicted molar refractivity (Wildman–Crippen MR) is 82.3 cm³/mol. The third-order valence-corrected chi connectivity index (χ3v) is 4.08. The highest BCUT2D eigenvalue weighted by Gasteiger charge is 2.15. The molecule has 1 unspecified atom stereocenters. The van der Waals surface area contributed by atoms with E-state index in [1.54, 1.807) is 18.5 Å². The molecule has 3 nitrogen and oxygen atoms in total. The molecule has 3 aromatic rings. The van der Waals surface area contributed by atoms with E-state index in [2.05, 4.69) is 25.9 Å². The van der Waals surface area contributed by atoms with Crippen LogP contribution in [0.3, 0.4) is 0 Å². The Balaban J connectivity index is 1.97. The van der Waals surface area contributed by atoms with E-state index in [0.29, 0.717) is 23.1 Å². The molecule has 0 saturated carbocycles. The molecular weight excluding hydrogens is 335 g/mol. The number of para-hydroxylation sites is 1. The van der Waals surface area contributed by atoms with Gasteiger partial charge in [0.2, 0.25) is 0 Å². The van der Waals surface area contributed by atoms with Gasteiger partial charge in [0.05, 0.1) is 17.1 Å². The number of fused-ring (bicyclic) bond motifs is 1. The second kappa shape index (κ2) is 5.87. The normalized spacial score (nSPS) is 12.5. The quantitative estimate of drug-likeness (QED) is 0.784. The zero-order chi connectivity index (χ0) is 14.8. The van der Waals surface area contributed by atoms with Gasteiger partial charge in [0.25, 0.3) is 0 Å². The van der Waals surface area contributed by atoms with Crippen molar-refractivity contribution in [2.24, 2.45) is 0 Å². The van der Waals surface area contributed by atoms with Gasteiger partial charge in [-0.15, -0.1) is 0 Å². The summed E-state index contributed by atoms with van der Waals surface area (Å²) in [4.78, 5) is 8.50. The Morgan fingerprint density at radius 1 is 1.14 bits per heavy atom. The van der Waals surface area contributed by atoms with E-state index in [-0.39, 0.29) is 5.82 Å². The van der Waals surface area contributed by atoms with Crippen LogP contribution in [0.25, 0.3) is 11.0 Å². The molecule has 106 valence electrons. The van der Waals surface area contributed by atoms with Crippen LogP contribution in [-0.2, 0) is 6.42 Å². The first-order valence-corrected chi connectivity index (χ1v) is 7.26. The Morgan fingerprint density at radius 3 is 2.81 bits per heavy atom. The summed E-state index contributed by atoms with van der Waals surface area (Å²) in [7, 11) is 0. The number of aliphatic hydroxyl groups excluding tert-OH is 1. The van der Waals surface area contributed by atoms with E-state index in [0.717, 1.165) is 9.99 Å². The van der Waals surface area contributed by atoms with E-state index >= 15 is 0 Å². The summed E-state index contributed by atoms with van der Waals surface area (Å²) in [6.07, 6.45) is 2.73. The fourth-order valence-corrected chi connectivity index (χ4v) is 2.71. The highest BCUT2D eigenvalue weighted by atomic mass is 79.9. The Bertz CT molecular complexity index is 789. The molecule has 0 amide bonds. The van der Waals surface area contributed by atoms with Crippen molar-refractivity contribution in [3.63, 3.8) is 0 Å². The summed E-state index contributed by atoms with van der Waals surface area (Å²) >= 11 is 3.38. The summed E-state index contributed by atoms with van der Waals surface area (Å²) in [5.74, 6) is -0.321. The van der Waals surface area contributed by atoms with Crippen LogP contribution < -0.4 is 0 Å². The van der Waals surface area contributed by atoms with Gasteiger partial charge in [-0.25, -0.2) is 4.39 Å². The van der Waals surface area contributed by atoms with Gasteiger partial charge >= 0.3 is 0 Å². The van der Waals surface area contributed by atoms with Crippen LogP contribution >= 0.6 is 15.9 Å². The molecule has 1 atom stereocenters. The van der Waals surface area contributed by atoms with Gasteiger partial charge in [0.15, 0.2) is 0 Å². The van der Waals surface area contributed by atoms with Crippen molar-refractivity contribution < 1.29 is 9.50 Å². The van der Waals surface area contributed by atoms with E-state index in [4.69, 9.17) is 0 Å². The fourth-order valence-electron chi connectivity index (χ4n) is 2.30. The van der Waals surface area contributed by atoms with Gasteiger partial charge in [0, 0.05) is 28.9 Å². The lowest BCUT2D eigenvalue weighted by molar-refractivity contribution is 0.179. The number of hydrogen-bond acceptors (Lipinski definition) is 3. The highest BCUT2D eigenvalue weighted by molar-refractivity contribution is 9.10. The third kappa shape index (κ3) is 2.94. The molecule has 0 bridgehead atoms. The lowest BCUT2D eigenvalue weighted by Crippen LogP contribution is -2.04. The molecule has 0 aliphatic carbocycles. The van der Waals surface area contributed by atoms with Crippen molar-refractivity contribution in [3.05, 3.63) is 70.2 Å². The number of nitrogens with zero attached hydrogens (tertiary/aromatic N) is 2. The van der Waals surface area contributed by atoms with Crippen LogP contribution in [0.1, 0.15) is 17.2 Å². The average Bonchev–Trinajstić information content (AvgIpc) is 2.50. The maximum atomic E-state index is 13.3. The number of hydrogen-bond donors (Lipinski definition) is 1. The van der Waals surface area contributed by atoms with Gasteiger partial charge in [0.1, 0.15) is 5.82 Å². The Labute approximate surface area is 129 Å². The highest BCUT2D eigenvalue weighted by Crippen LogP contribution is 2.27. The third-order valence-electron chi connectivity index (χ3n) is 3.31. The SMILES string of the molecule is OC(Cc1cc(F)ccc1Br)c1cccc2nccnc12. The van der Waals surface area contributed by atoms with Crippen LogP contribution in [0.5, 0.6) is 0 Å². The first kappa shape index (κ1) is 14.1. The predicted octanol–water partition coefficient (Wildman–Crippen LogP) is 3.81. The van der Waals surface area contributed by atoms with Gasteiger partial charge < -0.3 is 5.11 Å². The van der Waals surface area contributed by atoms with Crippen molar-refractivity contribution in [2.75, 3.05) is 0 Å². The average molecular weight is 347 g/mol. The number of rotatable bonds is 3. The molecular formula is C16H12BrFN2O. The molecule has 0 aliphatic heterocycles. The van der Waals surface area contributed by atoms with E-state index in [1.807, 2.05) is 18.2 Å². The maximum Gasteiger partial charge on any atom is 0.123 e. The van der Waals surface area contributed by atoms with Crippen LogP contribution in [0.4, 0.5) is 4.39 Å². The largest absolute Gasteiger partial charge is 0.388 e. The minimum Gasteiger partial charge on any atom is -0.388 e. The van der Waals surface area contributed by atoms with E-state index < -0.39 is 6.10 Å². The number of aliphatic hydroxyl groups is 1. The zero-order valence-corrected chi connectivity index (χ0v) is 12.6. The fraction of sp³-hybridized carbons (Fsp3) is 0.125. The van der Waals surface area contributed by atoms with Gasteiger partial charge in [-0.1, -0.05) is 28.1 Å². The van der Waals surface area contributed by atoms with E-state index in [9.17, 15) is 9.50 Å². The molecule has 2 aromatic carbocycles. The lowest BCUT2D eigenvalue weighted by atomic mass is 10.00. The van der Waals surface area contributed by atoms with Gasteiger partial charge in [-0.05, 0) is 29.8 Å². The molecule has 1 aromatic heterocycles. The lowest BCUT2D eigenvalue weighted by Gasteiger charge is -2.14. The molecule has 3 rings (SSSR count). The standard InChI is InChI=1S/C16H12BrFN2O/c17-13-5-4-11(18)8-10(13)9-15(21)12-2-1-3-14-16(12)20-7-6-19-14/h1-8,15,21H,9H2. The maximum absolute atomic E-state index is 13.3. The van der Waals surface area contributed by atoms with Crippen molar-refractivity contribution in [3.8, 4) is 0 Å². The molecule has 1 N–H and O–H groups in total. The van der Waals surface area contributed by atoms with Crippen LogP contribution in [0, 0.1) is 5.82 Å². The smallest absolute Gasteiger partial charge is 0.123 e. The minimum absolute atomic E-state index is 0.300. The number of halogens is 2. The Hall–Kier alpha value is -1.85.